The van der Waals surface area contributed by atoms with Crippen molar-refractivity contribution >= 4 is 17.5 Å². The molecular weight excluding hydrogens is 340 g/mol. The van der Waals surface area contributed by atoms with Crippen LogP contribution in [-0.2, 0) is 9.53 Å². The first-order valence-corrected chi connectivity index (χ1v) is 8.37. The van der Waals surface area contributed by atoms with Crippen molar-refractivity contribution in [1.29, 1.82) is 0 Å². The van der Waals surface area contributed by atoms with Crippen molar-refractivity contribution in [2.24, 2.45) is 0 Å². The number of ether oxygens (including phenoxy) is 1. The zero-order valence-electron chi connectivity index (χ0n) is 15.2. The van der Waals surface area contributed by atoms with Crippen LogP contribution in [0.25, 0.3) is 0 Å². The number of esters is 1. The maximum atomic E-state index is 12.0. The van der Waals surface area contributed by atoms with Gasteiger partial charge in [-0.3, -0.25) is 9.59 Å². The van der Waals surface area contributed by atoms with Gasteiger partial charge >= 0.3 is 5.97 Å². The molecule has 0 aliphatic heterocycles. The van der Waals surface area contributed by atoms with E-state index < -0.39 is 11.8 Å². The summed E-state index contributed by atoms with van der Waals surface area (Å²) in [6.45, 7) is 1.99. The third-order valence-corrected chi connectivity index (χ3v) is 3.72. The van der Waals surface area contributed by atoms with Crippen molar-refractivity contribution in [2.75, 3.05) is 7.11 Å². The van der Waals surface area contributed by atoms with Crippen LogP contribution >= 0.6 is 0 Å². The van der Waals surface area contributed by atoms with E-state index in [9.17, 15) is 14.4 Å². The van der Waals surface area contributed by atoms with Crippen LogP contribution in [0.5, 0.6) is 0 Å². The largest absolute Gasteiger partial charge is 0.463 e. The standard InChI is InChI=1S/C14H12O.C9H8O3/c1-11-6-5-9-13(10-11)14(15)12-7-3-2-4-8-12;1-12-9(11)8(10)7-5-3-2-4-6-7/h2-10H,1H3;2-6H,1H3. The molecule has 3 aromatic rings. The number of carbonyl (C=O) groups is 3. The Kier molecular flexibility index (Phi) is 7.20. The van der Waals surface area contributed by atoms with Crippen molar-refractivity contribution in [3.05, 3.63) is 107 Å². The topological polar surface area (TPSA) is 60.4 Å². The molecule has 0 aromatic heterocycles. The van der Waals surface area contributed by atoms with Crippen molar-refractivity contribution < 1.29 is 19.1 Å². The summed E-state index contributed by atoms with van der Waals surface area (Å²) in [4.78, 5) is 33.8. The minimum Gasteiger partial charge on any atom is -0.463 e. The van der Waals surface area contributed by atoms with E-state index in [1.807, 2.05) is 61.5 Å². The number of benzene rings is 3. The van der Waals surface area contributed by atoms with Crippen LogP contribution in [0.2, 0.25) is 0 Å². The first-order chi connectivity index (χ1) is 13.0. The number of hydrogen-bond acceptors (Lipinski definition) is 4. The average molecular weight is 360 g/mol. The van der Waals surface area contributed by atoms with Gasteiger partial charge in [-0.2, -0.15) is 0 Å². The van der Waals surface area contributed by atoms with Gasteiger partial charge < -0.3 is 4.74 Å². The Morgan fingerprint density at radius 1 is 0.667 bits per heavy atom. The summed E-state index contributed by atoms with van der Waals surface area (Å²) < 4.78 is 4.28. The van der Waals surface area contributed by atoms with Gasteiger partial charge in [0.15, 0.2) is 5.78 Å². The molecule has 0 radical (unpaired) electrons. The smallest absolute Gasteiger partial charge is 0.379 e. The molecule has 4 heteroatoms. The molecule has 3 aromatic carbocycles. The number of hydrogen-bond donors (Lipinski definition) is 0. The molecule has 0 atom stereocenters. The average Bonchev–Trinajstić information content (AvgIpc) is 2.74. The molecular formula is C23H20O4. The maximum absolute atomic E-state index is 12.0. The second-order valence-corrected chi connectivity index (χ2v) is 5.75. The lowest BCUT2D eigenvalue weighted by Crippen LogP contribution is -2.15. The molecule has 3 rings (SSSR count). The zero-order valence-corrected chi connectivity index (χ0v) is 15.2. The van der Waals surface area contributed by atoms with Gasteiger partial charge in [0.1, 0.15) is 0 Å². The van der Waals surface area contributed by atoms with Gasteiger partial charge in [-0.1, -0.05) is 84.4 Å². The van der Waals surface area contributed by atoms with Crippen LogP contribution in [-0.4, -0.2) is 24.6 Å². The highest BCUT2D eigenvalue weighted by Gasteiger charge is 2.15. The van der Waals surface area contributed by atoms with Crippen LogP contribution < -0.4 is 0 Å². The van der Waals surface area contributed by atoms with Crippen molar-refractivity contribution in [3.8, 4) is 0 Å². The number of methoxy groups -OCH3 is 1. The summed E-state index contributed by atoms with van der Waals surface area (Å²) in [5.74, 6) is -1.36. The number of rotatable bonds is 4. The number of Topliss-reactive ketones (excluding diaryl/α,β-unsaturated/α-hetero) is 1. The monoisotopic (exact) mass is 360 g/mol. The predicted molar refractivity (Wildman–Crippen MR) is 104 cm³/mol. The van der Waals surface area contributed by atoms with E-state index >= 15 is 0 Å². The lowest BCUT2D eigenvalue weighted by atomic mass is 10.0. The van der Waals surface area contributed by atoms with E-state index in [-0.39, 0.29) is 5.78 Å². The Hall–Kier alpha value is -3.53. The number of aryl methyl sites for hydroxylation is 1. The van der Waals surface area contributed by atoms with Crippen molar-refractivity contribution in [2.45, 2.75) is 6.92 Å². The minimum atomic E-state index is -0.832. The predicted octanol–water partition coefficient (Wildman–Crippen LogP) is 4.27. The first kappa shape index (κ1) is 19.8. The fourth-order valence-corrected chi connectivity index (χ4v) is 2.34. The summed E-state index contributed by atoms with van der Waals surface area (Å²) in [5, 5.41) is 0. The van der Waals surface area contributed by atoms with E-state index in [1.54, 1.807) is 30.3 Å². The van der Waals surface area contributed by atoms with Crippen molar-refractivity contribution in [1.82, 2.24) is 0 Å². The lowest BCUT2D eigenvalue weighted by molar-refractivity contribution is -0.135. The van der Waals surface area contributed by atoms with Gasteiger partial charge in [0.05, 0.1) is 7.11 Å². The Morgan fingerprint density at radius 2 is 1.19 bits per heavy atom. The molecule has 0 aliphatic carbocycles. The zero-order chi connectivity index (χ0) is 19.6. The van der Waals surface area contributed by atoms with E-state index in [1.165, 1.54) is 7.11 Å². The van der Waals surface area contributed by atoms with Crippen LogP contribution in [0.15, 0.2) is 84.9 Å². The first-order valence-electron chi connectivity index (χ1n) is 8.37. The van der Waals surface area contributed by atoms with Crippen LogP contribution in [0.1, 0.15) is 31.8 Å². The molecule has 4 nitrogen and oxygen atoms in total. The quantitative estimate of drug-likeness (QED) is 0.396. The van der Waals surface area contributed by atoms with Gasteiger partial charge in [0.2, 0.25) is 0 Å². The van der Waals surface area contributed by atoms with Gasteiger partial charge in [-0.25, -0.2) is 4.79 Å². The second-order valence-electron chi connectivity index (χ2n) is 5.75. The summed E-state index contributed by atoms with van der Waals surface area (Å²) in [6, 6.07) is 25.3. The molecule has 27 heavy (non-hydrogen) atoms. The fraction of sp³-hybridized carbons (Fsp3) is 0.0870. The van der Waals surface area contributed by atoms with Crippen molar-refractivity contribution in [3.63, 3.8) is 0 Å². The van der Waals surface area contributed by atoms with Gasteiger partial charge in [0, 0.05) is 16.7 Å². The fourth-order valence-electron chi connectivity index (χ4n) is 2.34. The molecule has 0 saturated carbocycles. The molecule has 136 valence electrons. The Balaban J connectivity index is 0.000000199. The number of carbonyl (C=O) groups excluding carboxylic acids is 3. The molecule has 0 fully saturated rings. The molecule has 0 aliphatic rings. The van der Waals surface area contributed by atoms with E-state index in [4.69, 9.17) is 0 Å². The molecule has 0 saturated heterocycles. The van der Waals surface area contributed by atoms with E-state index in [0.717, 1.165) is 16.7 Å². The van der Waals surface area contributed by atoms with Crippen LogP contribution in [0, 0.1) is 6.92 Å². The summed E-state index contributed by atoms with van der Waals surface area (Å²) in [5.41, 5.74) is 2.95. The third-order valence-electron chi connectivity index (χ3n) is 3.72. The Labute approximate surface area is 158 Å². The minimum absolute atomic E-state index is 0.0827. The molecule has 0 bridgehead atoms. The maximum Gasteiger partial charge on any atom is 0.379 e. The second kappa shape index (κ2) is 9.82. The van der Waals surface area contributed by atoms with Gasteiger partial charge in [0.25, 0.3) is 5.78 Å². The summed E-state index contributed by atoms with van der Waals surface area (Å²) >= 11 is 0. The highest BCUT2D eigenvalue weighted by atomic mass is 16.5. The molecule has 0 spiro atoms. The highest BCUT2D eigenvalue weighted by molar-refractivity contribution is 6.40. The van der Waals surface area contributed by atoms with Gasteiger partial charge in [-0.15, -0.1) is 0 Å². The van der Waals surface area contributed by atoms with Crippen LogP contribution in [0.4, 0.5) is 0 Å². The highest BCUT2D eigenvalue weighted by Crippen LogP contribution is 2.10. The Bertz CT molecular complexity index is 915. The summed E-state index contributed by atoms with van der Waals surface area (Å²) in [6.07, 6.45) is 0. The van der Waals surface area contributed by atoms with Crippen LogP contribution in [0.3, 0.4) is 0 Å². The van der Waals surface area contributed by atoms with Gasteiger partial charge in [-0.05, 0) is 13.0 Å². The normalized spacial score (nSPS) is 9.56. The Morgan fingerprint density at radius 3 is 1.70 bits per heavy atom. The van der Waals surface area contributed by atoms with E-state index in [2.05, 4.69) is 4.74 Å². The SMILES string of the molecule is COC(=O)C(=O)c1ccccc1.Cc1cccc(C(=O)c2ccccc2)c1. The molecule has 0 N–H and O–H groups in total. The lowest BCUT2D eigenvalue weighted by Gasteiger charge is -2.01. The molecule has 0 unspecified atom stereocenters. The molecule has 0 amide bonds. The van der Waals surface area contributed by atoms with E-state index in [0.29, 0.717) is 5.56 Å². The summed E-state index contributed by atoms with van der Waals surface area (Å²) in [7, 11) is 1.18. The third kappa shape index (κ3) is 5.75. The number of ketones is 2. The molecule has 0 heterocycles.